The van der Waals surface area contributed by atoms with Crippen molar-refractivity contribution in [3.63, 3.8) is 0 Å². The third-order valence-corrected chi connectivity index (χ3v) is 5.14. The first-order chi connectivity index (χ1) is 14.1. The van der Waals surface area contributed by atoms with Crippen LogP contribution in [0.25, 0.3) is 0 Å². The van der Waals surface area contributed by atoms with Crippen molar-refractivity contribution in [2.24, 2.45) is 5.92 Å². The first-order valence-electron chi connectivity index (χ1n) is 9.82. The third-order valence-electron chi connectivity index (χ3n) is 5.14. The van der Waals surface area contributed by atoms with Gasteiger partial charge in [0.15, 0.2) is 0 Å². The third kappa shape index (κ3) is 4.06. The zero-order valence-electron chi connectivity index (χ0n) is 16.3. The number of anilines is 3. The number of hydrogen-bond acceptors (Lipinski definition) is 4. The van der Waals surface area contributed by atoms with E-state index in [0.717, 1.165) is 30.6 Å². The smallest absolute Gasteiger partial charge is 0.299 e. The van der Waals surface area contributed by atoms with E-state index >= 15 is 0 Å². The quantitative estimate of drug-likeness (QED) is 0.558. The predicted molar refractivity (Wildman–Crippen MR) is 113 cm³/mol. The molecule has 2 amide bonds. The number of ketones is 1. The van der Waals surface area contributed by atoms with Gasteiger partial charge in [0, 0.05) is 23.8 Å². The van der Waals surface area contributed by atoms with Crippen LogP contribution in [0, 0.1) is 5.92 Å². The van der Waals surface area contributed by atoms with E-state index in [1.54, 1.807) is 18.2 Å². The molecule has 148 valence electrons. The van der Waals surface area contributed by atoms with Gasteiger partial charge in [-0.05, 0) is 55.7 Å². The summed E-state index contributed by atoms with van der Waals surface area (Å²) >= 11 is 0. The van der Waals surface area contributed by atoms with Crippen molar-refractivity contribution in [2.75, 3.05) is 22.1 Å². The van der Waals surface area contributed by atoms with Crippen molar-refractivity contribution in [3.8, 4) is 0 Å². The Morgan fingerprint density at radius 1 is 1.10 bits per heavy atom. The number of nitrogens with zero attached hydrogens (tertiary/aromatic N) is 1. The summed E-state index contributed by atoms with van der Waals surface area (Å²) in [7, 11) is 0. The normalized spacial score (nSPS) is 15.7. The van der Waals surface area contributed by atoms with Crippen LogP contribution in [0.2, 0.25) is 0 Å². The minimum absolute atomic E-state index is 0.0262. The molecular weight excluding hydrogens is 366 g/mol. The number of nitrogens with one attached hydrogen (secondary N) is 2. The molecule has 0 saturated heterocycles. The zero-order valence-corrected chi connectivity index (χ0v) is 16.3. The standard InChI is InChI=1S/C23H23N3O3/c1-2-3-12-24-17-8-4-15(5-9-17)14-26-20-11-10-18(25-22(28)16-6-7-16)13-19(20)21(27)23(26)29/h2-5,8-11,13,16,24H,6-7,12,14H2,1H3,(H,25,28). The van der Waals surface area contributed by atoms with Crippen molar-refractivity contribution < 1.29 is 14.4 Å². The van der Waals surface area contributed by atoms with Crippen molar-refractivity contribution in [2.45, 2.75) is 26.3 Å². The first-order valence-corrected chi connectivity index (χ1v) is 9.82. The fraction of sp³-hybridized carbons (Fsp3) is 0.261. The Labute approximate surface area is 169 Å². The molecule has 0 spiro atoms. The molecule has 2 aliphatic rings. The maximum absolute atomic E-state index is 12.5. The Bertz CT molecular complexity index is 991. The molecule has 1 heterocycles. The number of rotatable bonds is 7. The maximum Gasteiger partial charge on any atom is 0.299 e. The highest BCUT2D eigenvalue weighted by Gasteiger charge is 2.36. The Hall–Kier alpha value is -3.41. The number of allylic oxidation sites excluding steroid dienone is 1. The number of carbonyl (C=O) groups is 3. The van der Waals surface area contributed by atoms with E-state index in [1.165, 1.54) is 4.90 Å². The summed E-state index contributed by atoms with van der Waals surface area (Å²) in [5.74, 6) is -1.03. The monoisotopic (exact) mass is 389 g/mol. The predicted octanol–water partition coefficient (Wildman–Crippen LogP) is 3.75. The summed E-state index contributed by atoms with van der Waals surface area (Å²) in [6.45, 7) is 3.05. The summed E-state index contributed by atoms with van der Waals surface area (Å²) in [6, 6.07) is 12.9. The molecule has 1 fully saturated rings. The molecule has 1 saturated carbocycles. The van der Waals surface area contributed by atoms with E-state index in [-0.39, 0.29) is 11.8 Å². The molecular formula is C23H23N3O3. The lowest BCUT2D eigenvalue weighted by Crippen LogP contribution is -2.29. The second kappa shape index (κ2) is 7.91. The lowest BCUT2D eigenvalue weighted by Gasteiger charge is -2.17. The summed E-state index contributed by atoms with van der Waals surface area (Å²) in [5, 5.41) is 6.10. The first kappa shape index (κ1) is 18.9. The van der Waals surface area contributed by atoms with Crippen LogP contribution in [-0.2, 0) is 16.1 Å². The number of carbonyl (C=O) groups excluding carboxylic acids is 3. The molecule has 2 aromatic carbocycles. The van der Waals surface area contributed by atoms with Gasteiger partial charge in [-0.1, -0.05) is 24.3 Å². The number of hydrogen-bond donors (Lipinski definition) is 2. The zero-order chi connectivity index (χ0) is 20.4. The fourth-order valence-corrected chi connectivity index (χ4v) is 3.33. The number of Topliss-reactive ketones (excluding diaryl/α,β-unsaturated/α-hetero) is 1. The van der Waals surface area contributed by atoms with Gasteiger partial charge in [0.05, 0.1) is 17.8 Å². The molecule has 0 radical (unpaired) electrons. The molecule has 2 N–H and O–H groups in total. The lowest BCUT2D eigenvalue weighted by molar-refractivity contribution is -0.117. The van der Waals surface area contributed by atoms with Gasteiger partial charge < -0.3 is 15.5 Å². The van der Waals surface area contributed by atoms with Crippen molar-refractivity contribution >= 4 is 34.7 Å². The SMILES string of the molecule is CC=CCNc1ccc(CN2C(=O)C(=O)c3cc(NC(=O)C4CC4)ccc32)cc1. The number of fused-ring (bicyclic) bond motifs is 1. The van der Waals surface area contributed by atoms with Crippen LogP contribution in [0.5, 0.6) is 0 Å². The van der Waals surface area contributed by atoms with E-state index < -0.39 is 11.7 Å². The van der Waals surface area contributed by atoms with Gasteiger partial charge >= 0.3 is 0 Å². The van der Waals surface area contributed by atoms with Gasteiger partial charge in [-0.15, -0.1) is 0 Å². The molecule has 4 rings (SSSR count). The summed E-state index contributed by atoms with van der Waals surface area (Å²) in [4.78, 5) is 38.4. The van der Waals surface area contributed by atoms with Gasteiger partial charge in [-0.2, -0.15) is 0 Å². The minimum Gasteiger partial charge on any atom is -0.382 e. The highest BCUT2D eigenvalue weighted by molar-refractivity contribution is 6.52. The molecule has 6 nitrogen and oxygen atoms in total. The molecule has 2 aromatic rings. The number of benzene rings is 2. The largest absolute Gasteiger partial charge is 0.382 e. The van der Waals surface area contributed by atoms with E-state index in [1.807, 2.05) is 43.3 Å². The molecule has 29 heavy (non-hydrogen) atoms. The van der Waals surface area contributed by atoms with Crippen LogP contribution >= 0.6 is 0 Å². The number of amides is 2. The summed E-state index contributed by atoms with van der Waals surface area (Å²) in [6.07, 6.45) is 5.83. The van der Waals surface area contributed by atoms with E-state index in [4.69, 9.17) is 0 Å². The highest BCUT2D eigenvalue weighted by Crippen LogP contribution is 2.34. The molecule has 6 heteroatoms. The molecule has 0 aromatic heterocycles. The van der Waals surface area contributed by atoms with Crippen molar-refractivity contribution in [1.82, 2.24) is 0 Å². The Kier molecular flexibility index (Phi) is 5.16. The average molecular weight is 389 g/mol. The molecule has 0 bridgehead atoms. The second-order valence-corrected chi connectivity index (χ2v) is 7.36. The van der Waals surface area contributed by atoms with Crippen LogP contribution in [0.1, 0.15) is 35.7 Å². The Balaban J connectivity index is 1.48. The van der Waals surface area contributed by atoms with E-state index in [0.29, 0.717) is 23.5 Å². The fourth-order valence-electron chi connectivity index (χ4n) is 3.33. The van der Waals surface area contributed by atoms with Crippen molar-refractivity contribution in [3.05, 3.63) is 65.7 Å². The summed E-state index contributed by atoms with van der Waals surface area (Å²) < 4.78 is 0. The molecule has 1 aliphatic heterocycles. The van der Waals surface area contributed by atoms with Crippen LogP contribution in [0.15, 0.2) is 54.6 Å². The summed E-state index contributed by atoms with van der Waals surface area (Å²) in [5.41, 5.74) is 3.40. The molecule has 0 atom stereocenters. The van der Waals surface area contributed by atoms with E-state index in [9.17, 15) is 14.4 Å². The molecule has 0 unspecified atom stereocenters. The van der Waals surface area contributed by atoms with Gasteiger partial charge in [-0.3, -0.25) is 14.4 Å². The van der Waals surface area contributed by atoms with Crippen molar-refractivity contribution in [1.29, 1.82) is 0 Å². The topological polar surface area (TPSA) is 78.5 Å². The average Bonchev–Trinajstić information content (AvgIpc) is 3.55. The van der Waals surface area contributed by atoms with Gasteiger partial charge in [0.2, 0.25) is 5.91 Å². The van der Waals surface area contributed by atoms with Crippen LogP contribution in [-0.4, -0.2) is 24.1 Å². The van der Waals surface area contributed by atoms with Gasteiger partial charge in [0.25, 0.3) is 11.7 Å². The van der Waals surface area contributed by atoms with Crippen LogP contribution in [0.3, 0.4) is 0 Å². The maximum atomic E-state index is 12.5. The van der Waals surface area contributed by atoms with Crippen LogP contribution < -0.4 is 15.5 Å². The van der Waals surface area contributed by atoms with Gasteiger partial charge in [0.1, 0.15) is 0 Å². The van der Waals surface area contributed by atoms with E-state index in [2.05, 4.69) is 10.6 Å². The Morgan fingerprint density at radius 3 is 2.52 bits per heavy atom. The van der Waals surface area contributed by atoms with Crippen LogP contribution in [0.4, 0.5) is 17.1 Å². The molecule has 1 aliphatic carbocycles. The van der Waals surface area contributed by atoms with Gasteiger partial charge in [-0.25, -0.2) is 0 Å². The second-order valence-electron chi connectivity index (χ2n) is 7.36. The highest BCUT2D eigenvalue weighted by atomic mass is 16.2. The Morgan fingerprint density at radius 2 is 1.83 bits per heavy atom. The minimum atomic E-state index is -0.541. The lowest BCUT2D eigenvalue weighted by atomic mass is 10.1.